The quantitative estimate of drug-likeness (QED) is 0.728. The molecule has 0 N–H and O–H groups in total. The summed E-state index contributed by atoms with van der Waals surface area (Å²) in [7, 11) is 0. The van der Waals surface area contributed by atoms with Gasteiger partial charge in [-0.15, -0.1) is 0 Å². The molecule has 0 atom stereocenters. The molecule has 0 aliphatic heterocycles. The van der Waals surface area contributed by atoms with E-state index >= 15 is 0 Å². The van der Waals surface area contributed by atoms with Crippen LogP contribution < -0.4 is 0 Å². The fourth-order valence-electron chi connectivity index (χ4n) is 1.47. The predicted octanol–water partition coefficient (Wildman–Crippen LogP) is 3.00. The van der Waals surface area contributed by atoms with Gasteiger partial charge in [-0.3, -0.25) is 4.79 Å². The molecule has 0 bridgehead atoms. The molecule has 0 spiro atoms. The number of halogens is 1. The van der Waals surface area contributed by atoms with Gasteiger partial charge >= 0.3 is 0 Å². The number of aldehydes is 1. The van der Waals surface area contributed by atoms with E-state index in [1.54, 1.807) is 12.3 Å². The molecule has 0 saturated carbocycles. The summed E-state index contributed by atoms with van der Waals surface area (Å²) in [6, 6.07) is 11.6. The Balaban J connectivity index is 2.24. The Kier molecular flexibility index (Phi) is 2.88. The summed E-state index contributed by atoms with van der Waals surface area (Å²) in [5, 5.41) is 0.584. The SMILES string of the molecule is O=Cc1cc(Cl)n(Cc2ccccc2)c1. The van der Waals surface area contributed by atoms with Crippen LogP contribution in [-0.2, 0) is 6.54 Å². The van der Waals surface area contributed by atoms with Crippen LogP contribution >= 0.6 is 11.6 Å². The lowest BCUT2D eigenvalue weighted by Crippen LogP contribution is -1.97. The average Bonchev–Trinajstić information content (AvgIpc) is 2.61. The molecule has 3 heteroatoms. The number of carbonyl (C=O) groups is 1. The Morgan fingerprint density at radius 1 is 1.27 bits per heavy atom. The van der Waals surface area contributed by atoms with Crippen molar-refractivity contribution in [3.05, 3.63) is 58.9 Å². The van der Waals surface area contributed by atoms with Crippen LogP contribution in [0.2, 0.25) is 5.15 Å². The average molecular weight is 220 g/mol. The van der Waals surface area contributed by atoms with Crippen molar-refractivity contribution in [3.63, 3.8) is 0 Å². The third-order valence-corrected chi connectivity index (χ3v) is 2.52. The Hall–Kier alpha value is -1.54. The first kappa shape index (κ1) is 9.99. The van der Waals surface area contributed by atoms with Crippen LogP contribution in [0.3, 0.4) is 0 Å². The van der Waals surface area contributed by atoms with Gasteiger partial charge in [-0.2, -0.15) is 0 Å². The van der Waals surface area contributed by atoms with Crippen molar-refractivity contribution in [3.8, 4) is 0 Å². The lowest BCUT2D eigenvalue weighted by molar-refractivity contribution is 0.112. The van der Waals surface area contributed by atoms with Crippen LogP contribution in [0.5, 0.6) is 0 Å². The lowest BCUT2D eigenvalue weighted by Gasteiger charge is -2.04. The van der Waals surface area contributed by atoms with Crippen molar-refractivity contribution in [2.45, 2.75) is 6.54 Å². The fourth-order valence-corrected chi connectivity index (χ4v) is 1.70. The van der Waals surface area contributed by atoms with Crippen LogP contribution in [0.15, 0.2) is 42.6 Å². The molecule has 2 rings (SSSR count). The van der Waals surface area contributed by atoms with E-state index in [-0.39, 0.29) is 0 Å². The minimum absolute atomic E-state index is 0.584. The van der Waals surface area contributed by atoms with E-state index in [4.69, 9.17) is 11.6 Å². The normalized spacial score (nSPS) is 10.2. The predicted molar refractivity (Wildman–Crippen MR) is 60.4 cm³/mol. The molecule has 1 aromatic heterocycles. The van der Waals surface area contributed by atoms with Crippen LogP contribution in [0.4, 0.5) is 0 Å². The van der Waals surface area contributed by atoms with E-state index in [1.165, 1.54) is 0 Å². The van der Waals surface area contributed by atoms with Crippen molar-refractivity contribution < 1.29 is 4.79 Å². The molecule has 2 aromatic rings. The highest BCUT2D eigenvalue weighted by molar-refractivity contribution is 6.30. The fraction of sp³-hybridized carbons (Fsp3) is 0.0833. The second-order valence-electron chi connectivity index (χ2n) is 3.33. The van der Waals surface area contributed by atoms with Gasteiger partial charge in [0.05, 0.1) is 0 Å². The zero-order chi connectivity index (χ0) is 10.7. The topological polar surface area (TPSA) is 22.0 Å². The molecule has 0 unspecified atom stereocenters. The van der Waals surface area contributed by atoms with Crippen molar-refractivity contribution in [1.29, 1.82) is 0 Å². The van der Waals surface area contributed by atoms with Crippen LogP contribution in [0, 0.1) is 0 Å². The summed E-state index contributed by atoms with van der Waals surface area (Å²) < 4.78 is 1.85. The van der Waals surface area contributed by atoms with Gasteiger partial charge in [0, 0.05) is 18.3 Å². The Bertz CT molecular complexity index is 462. The Morgan fingerprint density at radius 2 is 2.00 bits per heavy atom. The third-order valence-electron chi connectivity index (χ3n) is 2.20. The highest BCUT2D eigenvalue weighted by Crippen LogP contribution is 2.15. The molecule has 0 aliphatic carbocycles. The molecule has 0 fully saturated rings. The molecule has 15 heavy (non-hydrogen) atoms. The summed E-state index contributed by atoms with van der Waals surface area (Å²) in [5.74, 6) is 0. The van der Waals surface area contributed by atoms with Gasteiger partial charge in [0.25, 0.3) is 0 Å². The number of rotatable bonds is 3. The molecule has 76 valence electrons. The van der Waals surface area contributed by atoms with E-state index in [2.05, 4.69) is 0 Å². The number of benzene rings is 1. The smallest absolute Gasteiger partial charge is 0.151 e. The van der Waals surface area contributed by atoms with Gasteiger partial charge in [-0.1, -0.05) is 41.9 Å². The van der Waals surface area contributed by atoms with Crippen LogP contribution in [-0.4, -0.2) is 10.9 Å². The maximum absolute atomic E-state index is 10.6. The molecule has 0 radical (unpaired) electrons. The summed E-state index contributed by atoms with van der Waals surface area (Å²) in [5.41, 5.74) is 1.77. The first-order valence-electron chi connectivity index (χ1n) is 4.64. The van der Waals surface area contributed by atoms with Crippen LogP contribution in [0.1, 0.15) is 15.9 Å². The van der Waals surface area contributed by atoms with Gasteiger partial charge < -0.3 is 4.57 Å². The van der Waals surface area contributed by atoms with E-state index in [9.17, 15) is 4.79 Å². The first-order valence-corrected chi connectivity index (χ1v) is 5.02. The molecular formula is C12H10ClNO. The highest BCUT2D eigenvalue weighted by Gasteiger charge is 2.03. The van der Waals surface area contributed by atoms with Gasteiger partial charge in [0.15, 0.2) is 6.29 Å². The highest BCUT2D eigenvalue weighted by atomic mass is 35.5. The van der Waals surface area contributed by atoms with Crippen LogP contribution in [0.25, 0.3) is 0 Å². The minimum atomic E-state index is 0.584. The molecule has 0 amide bonds. The largest absolute Gasteiger partial charge is 0.334 e. The molecule has 1 heterocycles. The van der Waals surface area contributed by atoms with Crippen molar-refractivity contribution >= 4 is 17.9 Å². The summed E-state index contributed by atoms with van der Waals surface area (Å²) in [4.78, 5) is 10.6. The number of carbonyl (C=O) groups excluding carboxylic acids is 1. The summed E-state index contributed by atoms with van der Waals surface area (Å²) in [6.07, 6.45) is 2.55. The van der Waals surface area contributed by atoms with E-state index < -0.39 is 0 Å². The number of aromatic nitrogens is 1. The maximum Gasteiger partial charge on any atom is 0.151 e. The number of hydrogen-bond donors (Lipinski definition) is 0. The summed E-state index contributed by atoms with van der Waals surface area (Å²) >= 11 is 5.98. The van der Waals surface area contributed by atoms with Gasteiger partial charge in [-0.25, -0.2) is 0 Å². The second-order valence-corrected chi connectivity index (χ2v) is 3.71. The molecule has 1 aromatic carbocycles. The standard InChI is InChI=1S/C12H10ClNO/c13-12-6-11(9-15)8-14(12)7-10-4-2-1-3-5-10/h1-6,8-9H,7H2. The molecular weight excluding hydrogens is 210 g/mol. The zero-order valence-electron chi connectivity index (χ0n) is 8.06. The first-order chi connectivity index (χ1) is 7.29. The lowest BCUT2D eigenvalue weighted by atomic mass is 10.2. The second kappa shape index (κ2) is 4.32. The maximum atomic E-state index is 10.6. The van der Waals surface area contributed by atoms with Gasteiger partial charge in [0.1, 0.15) is 5.15 Å². The molecule has 0 saturated heterocycles. The minimum Gasteiger partial charge on any atom is -0.334 e. The van der Waals surface area contributed by atoms with E-state index in [1.807, 2.05) is 34.9 Å². The van der Waals surface area contributed by atoms with Crippen molar-refractivity contribution in [2.75, 3.05) is 0 Å². The van der Waals surface area contributed by atoms with E-state index in [0.717, 1.165) is 11.8 Å². The third kappa shape index (κ3) is 2.28. The Morgan fingerprint density at radius 3 is 2.60 bits per heavy atom. The summed E-state index contributed by atoms with van der Waals surface area (Å²) in [6.45, 7) is 0.688. The monoisotopic (exact) mass is 219 g/mol. The van der Waals surface area contributed by atoms with Crippen molar-refractivity contribution in [2.24, 2.45) is 0 Å². The van der Waals surface area contributed by atoms with Crippen molar-refractivity contribution in [1.82, 2.24) is 4.57 Å². The molecule has 2 nitrogen and oxygen atoms in total. The zero-order valence-corrected chi connectivity index (χ0v) is 8.82. The van der Waals surface area contributed by atoms with Gasteiger partial charge in [-0.05, 0) is 11.6 Å². The number of nitrogens with zero attached hydrogens (tertiary/aromatic N) is 1. The van der Waals surface area contributed by atoms with Gasteiger partial charge in [0.2, 0.25) is 0 Å². The molecule has 0 aliphatic rings. The number of hydrogen-bond acceptors (Lipinski definition) is 1. The Labute approximate surface area is 93.1 Å². The van der Waals surface area contributed by atoms with E-state index in [0.29, 0.717) is 17.3 Å².